The number of benzene rings is 1. The number of aromatic amines is 1. The molecule has 3 nitrogen and oxygen atoms in total. The van der Waals surface area contributed by atoms with Crippen molar-refractivity contribution in [1.29, 1.82) is 0 Å². The first-order chi connectivity index (χ1) is 10.8. The van der Waals surface area contributed by atoms with Crippen LogP contribution in [0.1, 0.15) is 5.56 Å². The normalized spacial score (nSPS) is 27.0. The van der Waals surface area contributed by atoms with Crippen LogP contribution in [-0.2, 0) is 0 Å². The quantitative estimate of drug-likeness (QED) is 0.889. The Kier molecular flexibility index (Phi) is 3.15. The van der Waals surface area contributed by atoms with E-state index >= 15 is 0 Å². The first-order valence-electron chi connectivity index (χ1n) is 7.38. The molecule has 0 saturated carbocycles. The molecule has 3 unspecified atom stereocenters. The fraction of sp³-hybridized carbons (Fsp3) is 0.167. The van der Waals surface area contributed by atoms with Crippen molar-refractivity contribution < 1.29 is 4.39 Å². The molecular formula is C18H16FN3. The summed E-state index contributed by atoms with van der Waals surface area (Å²) in [6.07, 6.45) is 14.0. The highest BCUT2D eigenvalue weighted by Gasteiger charge is 2.30. The number of fused-ring (bicyclic) bond motifs is 1. The molecule has 3 atom stereocenters. The fourth-order valence-electron chi connectivity index (χ4n) is 3.11. The molecule has 110 valence electrons. The van der Waals surface area contributed by atoms with Crippen LogP contribution in [0.15, 0.2) is 67.1 Å². The second-order valence-electron chi connectivity index (χ2n) is 5.59. The van der Waals surface area contributed by atoms with Crippen molar-refractivity contribution in [2.45, 2.75) is 12.2 Å². The van der Waals surface area contributed by atoms with Gasteiger partial charge in [0.1, 0.15) is 6.17 Å². The van der Waals surface area contributed by atoms with Gasteiger partial charge in [-0.05, 0) is 35.5 Å². The topological polar surface area (TPSA) is 40.7 Å². The van der Waals surface area contributed by atoms with Crippen LogP contribution < -0.4 is 5.32 Å². The Balaban J connectivity index is 1.73. The highest BCUT2D eigenvalue weighted by molar-refractivity contribution is 5.84. The van der Waals surface area contributed by atoms with E-state index in [1.54, 1.807) is 12.2 Å². The summed E-state index contributed by atoms with van der Waals surface area (Å²) in [6, 6.07) is 6.08. The van der Waals surface area contributed by atoms with Gasteiger partial charge in [0.25, 0.3) is 0 Å². The first kappa shape index (κ1) is 13.1. The van der Waals surface area contributed by atoms with Crippen molar-refractivity contribution in [3.05, 3.63) is 72.6 Å². The van der Waals surface area contributed by atoms with E-state index in [1.807, 2.05) is 36.7 Å². The summed E-state index contributed by atoms with van der Waals surface area (Å²) < 4.78 is 14.3. The molecular weight excluding hydrogens is 277 g/mol. The third kappa shape index (κ3) is 2.17. The number of nitrogens with zero attached hydrogens (tertiary/aromatic N) is 1. The zero-order chi connectivity index (χ0) is 14.9. The Morgan fingerprint density at radius 1 is 1.09 bits per heavy atom. The van der Waals surface area contributed by atoms with E-state index in [9.17, 15) is 4.39 Å². The largest absolute Gasteiger partial charge is 0.383 e. The van der Waals surface area contributed by atoms with Crippen molar-refractivity contribution in [3.8, 4) is 0 Å². The molecule has 1 aromatic heterocycles. The molecule has 2 heterocycles. The van der Waals surface area contributed by atoms with E-state index < -0.39 is 6.17 Å². The highest BCUT2D eigenvalue weighted by Crippen LogP contribution is 2.32. The molecule has 0 amide bonds. The third-order valence-corrected chi connectivity index (χ3v) is 4.25. The summed E-state index contributed by atoms with van der Waals surface area (Å²) in [5, 5.41) is 11.4. The Morgan fingerprint density at radius 2 is 2.00 bits per heavy atom. The van der Waals surface area contributed by atoms with Crippen molar-refractivity contribution in [3.63, 3.8) is 0 Å². The molecule has 4 rings (SSSR count). The van der Waals surface area contributed by atoms with Gasteiger partial charge >= 0.3 is 0 Å². The molecule has 1 aliphatic heterocycles. The second-order valence-corrected chi connectivity index (χ2v) is 5.59. The van der Waals surface area contributed by atoms with Gasteiger partial charge in [0.15, 0.2) is 0 Å². The number of halogens is 1. The van der Waals surface area contributed by atoms with Gasteiger partial charge in [0, 0.05) is 11.3 Å². The third-order valence-electron chi connectivity index (χ3n) is 4.25. The lowest BCUT2D eigenvalue weighted by molar-refractivity contribution is 0.294. The lowest BCUT2D eigenvalue weighted by atomic mass is 9.82. The van der Waals surface area contributed by atoms with Crippen molar-refractivity contribution in [2.75, 3.05) is 0 Å². The van der Waals surface area contributed by atoms with Gasteiger partial charge in [-0.25, -0.2) is 4.39 Å². The smallest absolute Gasteiger partial charge is 0.127 e. The maximum Gasteiger partial charge on any atom is 0.127 e. The lowest BCUT2D eigenvalue weighted by Crippen LogP contribution is -2.39. The lowest BCUT2D eigenvalue weighted by Gasteiger charge is -2.32. The number of dihydropyridines is 1. The van der Waals surface area contributed by atoms with E-state index in [4.69, 9.17) is 0 Å². The number of hydrogen-bond donors (Lipinski definition) is 2. The van der Waals surface area contributed by atoms with Crippen LogP contribution >= 0.6 is 0 Å². The van der Waals surface area contributed by atoms with Crippen molar-refractivity contribution in [2.24, 2.45) is 5.92 Å². The predicted octanol–water partition coefficient (Wildman–Crippen LogP) is 3.51. The monoisotopic (exact) mass is 293 g/mol. The zero-order valence-corrected chi connectivity index (χ0v) is 11.9. The van der Waals surface area contributed by atoms with Gasteiger partial charge in [-0.3, -0.25) is 5.10 Å². The molecule has 2 aromatic rings. The van der Waals surface area contributed by atoms with E-state index in [0.717, 1.165) is 22.0 Å². The van der Waals surface area contributed by atoms with Crippen LogP contribution in [0.3, 0.4) is 0 Å². The van der Waals surface area contributed by atoms with Crippen LogP contribution in [0.5, 0.6) is 0 Å². The van der Waals surface area contributed by atoms with Crippen molar-refractivity contribution >= 4 is 16.5 Å². The van der Waals surface area contributed by atoms with Crippen LogP contribution in [-0.4, -0.2) is 22.4 Å². The maximum absolute atomic E-state index is 14.3. The van der Waals surface area contributed by atoms with Gasteiger partial charge in [0.05, 0.1) is 17.8 Å². The molecule has 22 heavy (non-hydrogen) atoms. The summed E-state index contributed by atoms with van der Waals surface area (Å²) in [5.41, 5.74) is 3.19. The summed E-state index contributed by atoms with van der Waals surface area (Å²) >= 11 is 0. The van der Waals surface area contributed by atoms with Gasteiger partial charge in [-0.1, -0.05) is 36.4 Å². The van der Waals surface area contributed by atoms with E-state index in [1.165, 1.54) is 0 Å². The van der Waals surface area contributed by atoms with Crippen LogP contribution in [0.2, 0.25) is 0 Å². The van der Waals surface area contributed by atoms with E-state index in [2.05, 4.69) is 33.7 Å². The molecule has 0 bridgehead atoms. The average molecular weight is 293 g/mol. The standard InChI is InChI=1S/C18H16FN3/c19-16-6-2-1-4-15(16)18-14(5-3-9-20-18)12-7-8-17-13(10-12)11-21-22-17/h1-11,15-16,18,20H,(H,21,22). The number of alkyl halides is 1. The number of allylic oxidation sites excluding steroid dienone is 5. The predicted molar refractivity (Wildman–Crippen MR) is 86.8 cm³/mol. The van der Waals surface area contributed by atoms with Crippen LogP contribution in [0, 0.1) is 5.92 Å². The molecule has 0 spiro atoms. The number of hydrogen-bond acceptors (Lipinski definition) is 2. The summed E-state index contributed by atoms with van der Waals surface area (Å²) in [6.45, 7) is 0. The first-order valence-corrected chi connectivity index (χ1v) is 7.38. The number of rotatable bonds is 2. The summed E-state index contributed by atoms with van der Waals surface area (Å²) in [5.74, 6) is -0.207. The molecule has 0 radical (unpaired) electrons. The summed E-state index contributed by atoms with van der Waals surface area (Å²) in [7, 11) is 0. The Hall–Kier alpha value is -2.62. The zero-order valence-electron chi connectivity index (χ0n) is 11.9. The number of nitrogens with one attached hydrogen (secondary N) is 2. The Labute approximate surface area is 127 Å². The molecule has 2 aliphatic rings. The molecule has 1 aromatic carbocycles. The molecule has 1 aliphatic carbocycles. The summed E-state index contributed by atoms with van der Waals surface area (Å²) in [4.78, 5) is 0. The molecule has 0 fully saturated rings. The minimum atomic E-state index is -0.977. The highest BCUT2D eigenvalue weighted by atomic mass is 19.1. The minimum absolute atomic E-state index is 0.0782. The SMILES string of the molecule is FC1C=CC=CC1C1NC=CC=C1c1ccc2[nH]ncc2c1. The molecule has 0 saturated heterocycles. The van der Waals surface area contributed by atoms with Gasteiger partial charge in [0.2, 0.25) is 0 Å². The second kappa shape index (κ2) is 5.30. The van der Waals surface area contributed by atoms with Crippen LogP contribution in [0.4, 0.5) is 4.39 Å². The Morgan fingerprint density at radius 3 is 2.91 bits per heavy atom. The average Bonchev–Trinajstić information content (AvgIpc) is 3.03. The van der Waals surface area contributed by atoms with Gasteiger partial charge in [-0.15, -0.1) is 0 Å². The van der Waals surface area contributed by atoms with Crippen LogP contribution in [0.25, 0.3) is 16.5 Å². The number of aromatic nitrogens is 2. The molecule has 2 N–H and O–H groups in total. The minimum Gasteiger partial charge on any atom is -0.383 e. The maximum atomic E-state index is 14.3. The number of H-pyrrole nitrogens is 1. The van der Waals surface area contributed by atoms with Gasteiger partial charge in [-0.2, -0.15) is 5.10 Å². The van der Waals surface area contributed by atoms with Gasteiger partial charge < -0.3 is 5.32 Å². The molecule has 4 heteroatoms. The Bertz CT molecular complexity index is 813. The van der Waals surface area contributed by atoms with Crippen molar-refractivity contribution in [1.82, 2.24) is 15.5 Å². The van der Waals surface area contributed by atoms with E-state index in [0.29, 0.717) is 0 Å². The van der Waals surface area contributed by atoms with E-state index in [-0.39, 0.29) is 12.0 Å². The fourth-order valence-corrected chi connectivity index (χ4v) is 3.11.